The molecule has 1 amide bonds. The fraction of sp³-hybridized carbons (Fsp3) is 0.111. The van der Waals surface area contributed by atoms with E-state index in [2.05, 4.69) is 20.4 Å². The Morgan fingerprint density at radius 1 is 1.27 bits per heavy atom. The molecule has 0 spiro atoms. The van der Waals surface area contributed by atoms with E-state index in [1.807, 2.05) is 46.5 Å². The van der Waals surface area contributed by atoms with E-state index < -0.39 is 0 Å². The second kappa shape index (κ2) is 6.93. The highest BCUT2D eigenvalue weighted by Crippen LogP contribution is 2.32. The molecular weight excluding hydrogens is 350 g/mol. The lowest BCUT2D eigenvalue weighted by Crippen LogP contribution is -2.12. The lowest BCUT2D eigenvalue weighted by Gasteiger charge is -2.07. The van der Waals surface area contributed by atoms with E-state index in [1.54, 1.807) is 19.4 Å². The van der Waals surface area contributed by atoms with Crippen molar-refractivity contribution in [2.24, 2.45) is 0 Å². The van der Waals surface area contributed by atoms with Crippen molar-refractivity contribution in [1.82, 2.24) is 19.7 Å². The molecule has 0 aliphatic heterocycles. The SMILES string of the molecule is Cc1noc(-c2sccc2NC(=O)c2ccc(Cn3ccnc3)cc2)n1. The third-order valence-corrected chi connectivity index (χ3v) is 4.68. The van der Waals surface area contributed by atoms with E-state index >= 15 is 0 Å². The number of thiophene rings is 1. The van der Waals surface area contributed by atoms with Crippen LogP contribution in [0.5, 0.6) is 0 Å². The molecule has 4 rings (SSSR count). The van der Waals surface area contributed by atoms with Gasteiger partial charge in [0.1, 0.15) is 4.88 Å². The zero-order valence-corrected chi connectivity index (χ0v) is 14.7. The third-order valence-electron chi connectivity index (χ3n) is 3.78. The Balaban J connectivity index is 1.48. The van der Waals surface area contributed by atoms with E-state index in [4.69, 9.17) is 4.52 Å². The molecule has 8 heteroatoms. The number of rotatable bonds is 5. The Morgan fingerprint density at radius 2 is 2.12 bits per heavy atom. The highest BCUT2D eigenvalue weighted by molar-refractivity contribution is 7.14. The first kappa shape index (κ1) is 16.2. The zero-order valence-electron chi connectivity index (χ0n) is 13.9. The van der Waals surface area contributed by atoms with Crippen LogP contribution in [0.15, 0.2) is 59.0 Å². The van der Waals surface area contributed by atoms with Gasteiger partial charge in [0.25, 0.3) is 11.8 Å². The summed E-state index contributed by atoms with van der Waals surface area (Å²) in [6, 6.07) is 9.31. The maximum absolute atomic E-state index is 12.5. The molecule has 7 nitrogen and oxygen atoms in total. The molecule has 0 fully saturated rings. The number of amides is 1. The van der Waals surface area contributed by atoms with Gasteiger partial charge in [0.15, 0.2) is 5.82 Å². The number of carbonyl (C=O) groups is 1. The minimum absolute atomic E-state index is 0.185. The molecule has 26 heavy (non-hydrogen) atoms. The molecule has 0 atom stereocenters. The number of nitrogens with one attached hydrogen (secondary N) is 1. The molecule has 3 heterocycles. The summed E-state index contributed by atoms with van der Waals surface area (Å²) < 4.78 is 7.16. The molecule has 0 unspecified atom stereocenters. The fourth-order valence-electron chi connectivity index (χ4n) is 2.51. The Morgan fingerprint density at radius 3 is 2.81 bits per heavy atom. The molecule has 1 N–H and O–H groups in total. The Kier molecular flexibility index (Phi) is 4.32. The third kappa shape index (κ3) is 3.40. The van der Waals surface area contributed by atoms with E-state index in [0.29, 0.717) is 29.5 Å². The van der Waals surface area contributed by atoms with Gasteiger partial charge in [-0.15, -0.1) is 11.3 Å². The summed E-state index contributed by atoms with van der Waals surface area (Å²) in [6.07, 6.45) is 5.40. The number of hydrogen-bond acceptors (Lipinski definition) is 6. The summed E-state index contributed by atoms with van der Waals surface area (Å²) in [5, 5.41) is 8.57. The topological polar surface area (TPSA) is 85.8 Å². The van der Waals surface area contributed by atoms with Crippen molar-refractivity contribution in [2.75, 3.05) is 5.32 Å². The molecule has 0 aliphatic carbocycles. The first-order chi connectivity index (χ1) is 12.7. The minimum Gasteiger partial charge on any atom is -0.333 e. The van der Waals surface area contributed by atoms with Gasteiger partial charge in [-0.05, 0) is 36.1 Å². The van der Waals surface area contributed by atoms with Gasteiger partial charge in [-0.2, -0.15) is 4.98 Å². The van der Waals surface area contributed by atoms with Crippen molar-refractivity contribution in [2.45, 2.75) is 13.5 Å². The number of imidazole rings is 1. The van der Waals surface area contributed by atoms with E-state index in [0.717, 1.165) is 10.4 Å². The monoisotopic (exact) mass is 365 g/mol. The van der Waals surface area contributed by atoms with Crippen LogP contribution in [0.4, 0.5) is 5.69 Å². The summed E-state index contributed by atoms with van der Waals surface area (Å²) in [6.45, 7) is 2.47. The van der Waals surface area contributed by atoms with Crippen LogP contribution in [0.3, 0.4) is 0 Å². The van der Waals surface area contributed by atoms with Gasteiger partial charge in [-0.25, -0.2) is 4.98 Å². The molecule has 0 aliphatic rings. The standard InChI is InChI=1S/C18H15N5O2S/c1-12-20-18(25-22-12)16-15(6-9-26-16)21-17(24)14-4-2-13(3-5-14)10-23-8-7-19-11-23/h2-9,11H,10H2,1H3,(H,21,24). The van der Waals surface area contributed by atoms with Crippen molar-refractivity contribution in [1.29, 1.82) is 0 Å². The van der Waals surface area contributed by atoms with Gasteiger partial charge in [-0.1, -0.05) is 17.3 Å². The number of aryl methyl sites for hydroxylation is 1. The highest BCUT2D eigenvalue weighted by Gasteiger charge is 2.16. The number of nitrogens with zero attached hydrogens (tertiary/aromatic N) is 4. The van der Waals surface area contributed by atoms with Crippen LogP contribution in [-0.4, -0.2) is 25.6 Å². The average Bonchev–Trinajstić information content (AvgIpc) is 3.38. The first-order valence-corrected chi connectivity index (χ1v) is 8.81. The van der Waals surface area contributed by atoms with Crippen LogP contribution in [0, 0.1) is 6.92 Å². The van der Waals surface area contributed by atoms with E-state index in [9.17, 15) is 4.79 Å². The molecule has 0 bridgehead atoms. The first-order valence-electron chi connectivity index (χ1n) is 7.93. The largest absolute Gasteiger partial charge is 0.333 e. The van der Waals surface area contributed by atoms with Gasteiger partial charge in [0.05, 0.1) is 12.0 Å². The van der Waals surface area contributed by atoms with Crippen molar-refractivity contribution in [3.63, 3.8) is 0 Å². The lowest BCUT2D eigenvalue weighted by molar-refractivity contribution is 0.102. The van der Waals surface area contributed by atoms with Gasteiger partial charge in [0.2, 0.25) is 0 Å². The normalized spacial score (nSPS) is 10.8. The van der Waals surface area contributed by atoms with Crippen molar-refractivity contribution in [3.05, 3.63) is 71.4 Å². The van der Waals surface area contributed by atoms with Gasteiger partial charge < -0.3 is 14.4 Å². The maximum atomic E-state index is 12.5. The van der Waals surface area contributed by atoms with E-state index in [1.165, 1.54) is 11.3 Å². The summed E-state index contributed by atoms with van der Waals surface area (Å²) in [5.41, 5.74) is 2.33. The zero-order chi connectivity index (χ0) is 17.9. The summed E-state index contributed by atoms with van der Waals surface area (Å²) in [4.78, 5) is 21.5. The van der Waals surface area contributed by atoms with Crippen molar-refractivity contribution < 1.29 is 9.32 Å². The molecular formula is C18H15N5O2S. The number of hydrogen-bond donors (Lipinski definition) is 1. The smallest absolute Gasteiger partial charge is 0.270 e. The predicted molar refractivity (Wildman–Crippen MR) is 98.1 cm³/mol. The lowest BCUT2D eigenvalue weighted by atomic mass is 10.1. The Bertz CT molecular complexity index is 1020. The second-order valence-corrected chi connectivity index (χ2v) is 6.61. The van der Waals surface area contributed by atoms with Gasteiger partial charge >= 0.3 is 0 Å². The van der Waals surface area contributed by atoms with Gasteiger partial charge in [0, 0.05) is 24.5 Å². The predicted octanol–water partition coefficient (Wildman–Crippen LogP) is 3.60. The van der Waals surface area contributed by atoms with Crippen molar-refractivity contribution >= 4 is 22.9 Å². The van der Waals surface area contributed by atoms with Crippen LogP contribution in [0.25, 0.3) is 10.8 Å². The molecule has 1 aromatic carbocycles. The summed E-state index contributed by atoms with van der Waals surface area (Å²) >= 11 is 1.44. The summed E-state index contributed by atoms with van der Waals surface area (Å²) in [5.74, 6) is 0.776. The minimum atomic E-state index is -0.185. The van der Waals surface area contributed by atoms with Crippen LogP contribution >= 0.6 is 11.3 Å². The number of anilines is 1. The summed E-state index contributed by atoms with van der Waals surface area (Å²) in [7, 11) is 0. The Labute approximate surface area is 153 Å². The average molecular weight is 365 g/mol. The molecule has 0 radical (unpaired) electrons. The number of benzene rings is 1. The van der Waals surface area contributed by atoms with Gasteiger partial charge in [-0.3, -0.25) is 4.79 Å². The number of carbonyl (C=O) groups excluding carboxylic acids is 1. The van der Waals surface area contributed by atoms with Crippen LogP contribution < -0.4 is 5.32 Å². The van der Waals surface area contributed by atoms with Crippen LogP contribution in [0.1, 0.15) is 21.7 Å². The Hall–Kier alpha value is -3.26. The highest BCUT2D eigenvalue weighted by atomic mass is 32.1. The number of aromatic nitrogens is 4. The molecule has 0 saturated carbocycles. The molecule has 0 saturated heterocycles. The van der Waals surface area contributed by atoms with Crippen LogP contribution in [0.2, 0.25) is 0 Å². The molecule has 4 aromatic rings. The quantitative estimate of drug-likeness (QED) is 0.584. The van der Waals surface area contributed by atoms with Crippen molar-refractivity contribution in [3.8, 4) is 10.8 Å². The molecule has 3 aromatic heterocycles. The maximum Gasteiger partial charge on any atom is 0.270 e. The second-order valence-electron chi connectivity index (χ2n) is 5.70. The van der Waals surface area contributed by atoms with Crippen LogP contribution in [-0.2, 0) is 6.54 Å². The van der Waals surface area contributed by atoms with E-state index in [-0.39, 0.29) is 5.91 Å². The fourth-order valence-corrected chi connectivity index (χ4v) is 3.28. The molecule has 130 valence electrons.